The van der Waals surface area contributed by atoms with Crippen LogP contribution in [-0.4, -0.2) is 9.65 Å². The molecule has 0 saturated carbocycles. The van der Waals surface area contributed by atoms with E-state index < -0.39 is 11.7 Å². The molecule has 1 aromatic carbocycles. The first-order chi connectivity index (χ1) is 7.89. The molecule has 6 heteroatoms. The first kappa shape index (κ1) is 12.0. The molecule has 2 aliphatic rings. The van der Waals surface area contributed by atoms with Crippen LogP contribution < -0.4 is 0 Å². The Labute approximate surface area is 113 Å². The Balaban J connectivity index is 2.08. The van der Waals surface area contributed by atoms with E-state index in [9.17, 15) is 13.2 Å². The Morgan fingerprint density at radius 3 is 2.18 bits per heavy atom. The van der Waals surface area contributed by atoms with E-state index in [1.54, 1.807) is 0 Å². The highest BCUT2D eigenvalue weighted by atomic mass is 79.9. The minimum atomic E-state index is -4.30. The maximum atomic E-state index is 12.6. The lowest BCUT2D eigenvalue weighted by molar-refractivity contribution is -0.137. The summed E-state index contributed by atoms with van der Waals surface area (Å²) in [4.78, 5) is 0.125. The molecule has 0 unspecified atom stereocenters. The number of benzene rings is 1. The van der Waals surface area contributed by atoms with Gasteiger partial charge in [-0.2, -0.15) is 13.2 Å². The maximum Gasteiger partial charge on any atom is 0.416 e. The number of alkyl halides is 5. The summed E-state index contributed by atoms with van der Waals surface area (Å²) in [6.07, 6.45) is -4.74. The maximum absolute atomic E-state index is 12.6. The summed E-state index contributed by atoms with van der Waals surface area (Å²) in [5.41, 5.74) is 0.904. The minimum Gasteiger partial charge on any atom is -0.363 e. The zero-order chi connectivity index (χ0) is 12.4. The van der Waals surface area contributed by atoms with Gasteiger partial charge < -0.3 is 4.74 Å². The molecule has 0 spiro atoms. The van der Waals surface area contributed by atoms with Crippen LogP contribution in [0.5, 0.6) is 0 Å². The quantitative estimate of drug-likeness (QED) is 0.616. The third kappa shape index (κ3) is 1.68. The van der Waals surface area contributed by atoms with Gasteiger partial charge in [0.2, 0.25) is 0 Å². The van der Waals surface area contributed by atoms with Gasteiger partial charge in [-0.1, -0.05) is 37.9 Å². The van der Waals surface area contributed by atoms with Crippen molar-refractivity contribution in [1.29, 1.82) is 0 Å². The largest absolute Gasteiger partial charge is 0.416 e. The summed E-state index contributed by atoms with van der Waals surface area (Å²) < 4.78 is 43.5. The topological polar surface area (TPSA) is 9.23 Å². The van der Waals surface area contributed by atoms with Crippen molar-refractivity contribution in [3.63, 3.8) is 0 Å². The molecule has 2 bridgehead atoms. The average molecular weight is 372 g/mol. The Hall–Kier alpha value is -0.0700. The molecule has 0 amide bonds. The highest BCUT2D eigenvalue weighted by molar-refractivity contribution is 9.12. The Bertz CT molecular complexity index is 474. The van der Waals surface area contributed by atoms with E-state index in [-0.39, 0.29) is 21.9 Å². The second-order valence-electron chi connectivity index (χ2n) is 4.21. The summed E-state index contributed by atoms with van der Waals surface area (Å²) in [6, 6.07) is 3.84. The number of fused-ring (bicyclic) bond motifs is 5. The van der Waals surface area contributed by atoms with Crippen molar-refractivity contribution in [3.05, 3.63) is 34.9 Å². The van der Waals surface area contributed by atoms with Gasteiger partial charge in [-0.3, -0.25) is 0 Å². The molecule has 1 nitrogen and oxygen atoms in total. The van der Waals surface area contributed by atoms with E-state index in [0.29, 0.717) is 5.56 Å². The fourth-order valence-electron chi connectivity index (χ4n) is 2.39. The first-order valence-electron chi connectivity index (χ1n) is 5.04. The van der Waals surface area contributed by atoms with E-state index >= 15 is 0 Å². The molecule has 2 heterocycles. The van der Waals surface area contributed by atoms with Gasteiger partial charge in [0.25, 0.3) is 0 Å². The zero-order valence-corrected chi connectivity index (χ0v) is 11.5. The van der Waals surface area contributed by atoms with Gasteiger partial charge in [0.15, 0.2) is 0 Å². The van der Waals surface area contributed by atoms with Gasteiger partial charge in [-0.05, 0) is 23.3 Å². The molecule has 0 radical (unpaired) electrons. The molecule has 0 aromatic heterocycles. The first-order valence-corrected chi connectivity index (χ1v) is 6.87. The Morgan fingerprint density at radius 2 is 1.59 bits per heavy atom. The van der Waals surface area contributed by atoms with Crippen molar-refractivity contribution in [3.8, 4) is 0 Å². The molecule has 3 rings (SSSR count). The van der Waals surface area contributed by atoms with Crippen LogP contribution in [0.15, 0.2) is 18.2 Å². The summed E-state index contributed by atoms with van der Waals surface area (Å²) in [5.74, 6) is 0. The number of rotatable bonds is 0. The molecule has 92 valence electrons. The second kappa shape index (κ2) is 3.71. The van der Waals surface area contributed by atoms with E-state index in [1.807, 2.05) is 0 Å². The molecule has 4 atom stereocenters. The fourth-order valence-corrected chi connectivity index (χ4v) is 3.76. The van der Waals surface area contributed by atoms with Crippen LogP contribution >= 0.6 is 31.9 Å². The average Bonchev–Trinajstić information content (AvgIpc) is 2.76. The van der Waals surface area contributed by atoms with Crippen LogP contribution in [-0.2, 0) is 10.9 Å². The highest BCUT2D eigenvalue weighted by Crippen LogP contribution is 2.56. The normalized spacial score (nSPS) is 35.1. The fraction of sp³-hybridized carbons (Fsp3) is 0.455. The molecular formula is C11H7Br2F3O. The lowest BCUT2D eigenvalue weighted by Crippen LogP contribution is -2.22. The van der Waals surface area contributed by atoms with Crippen LogP contribution in [0.25, 0.3) is 0 Å². The van der Waals surface area contributed by atoms with E-state index in [2.05, 4.69) is 31.9 Å². The van der Waals surface area contributed by atoms with Gasteiger partial charge in [0, 0.05) is 0 Å². The Morgan fingerprint density at radius 1 is 1.00 bits per heavy atom. The predicted molar refractivity (Wildman–Crippen MR) is 63.4 cm³/mol. The van der Waals surface area contributed by atoms with Gasteiger partial charge in [0.1, 0.15) is 0 Å². The standard InChI is InChI=1S/C11H7Br2F3O/c12-7-8(13)10-6-3-4(11(14,15)16)1-2-5(6)9(7)17-10/h1-3,7-10H/t7-,8+,9-,10+/m1/s1. The van der Waals surface area contributed by atoms with Crippen LogP contribution in [0, 0.1) is 0 Å². The van der Waals surface area contributed by atoms with Gasteiger partial charge in [-0.25, -0.2) is 0 Å². The third-order valence-electron chi connectivity index (χ3n) is 3.20. The molecule has 0 N–H and O–H groups in total. The summed E-state index contributed by atoms with van der Waals surface area (Å²) in [7, 11) is 0. The summed E-state index contributed by atoms with van der Waals surface area (Å²) in [6.45, 7) is 0. The lowest BCUT2D eigenvalue weighted by atomic mass is 9.90. The summed E-state index contributed by atoms with van der Waals surface area (Å²) in [5, 5.41) is 0. The van der Waals surface area contributed by atoms with Crippen LogP contribution in [0.4, 0.5) is 13.2 Å². The molecule has 0 aliphatic carbocycles. The van der Waals surface area contributed by atoms with E-state index in [4.69, 9.17) is 4.74 Å². The number of halogens is 5. The minimum absolute atomic E-state index is 0.0171. The summed E-state index contributed by atoms with van der Waals surface area (Å²) >= 11 is 6.95. The highest BCUT2D eigenvalue weighted by Gasteiger charge is 2.51. The number of hydrogen-bond donors (Lipinski definition) is 0. The monoisotopic (exact) mass is 370 g/mol. The zero-order valence-electron chi connectivity index (χ0n) is 8.34. The molecular weight excluding hydrogens is 365 g/mol. The van der Waals surface area contributed by atoms with Crippen molar-refractivity contribution < 1.29 is 17.9 Å². The Kier molecular flexibility index (Phi) is 2.62. The molecule has 2 aliphatic heterocycles. The molecule has 17 heavy (non-hydrogen) atoms. The number of ether oxygens (including phenoxy) is 1. The third-order valence-corrected chi connectivity index (χ3v) is 6.01. The predicted octanol–water partition coefficient (Wildman–Crippen LogP) is 4.36. The van der Waals surface area contributed by atoms with Gasteiger partial charge >= 0.3 is 6.18 Å². The van der Waals surface area contributed by atoms with Crippen LogP contribution in [0.3, 0.4) is 0 Å². The van der Waals surface area contributed by atoms with Crippen molar-refractivity contribution >= 4 is 31.9 Å². The van der Waals surface area contributed by atoms with Crippen molar-refractivity contribution in [2.24, 2.45) is 0 Å². The van der Waals surface area contributed by atoms with E-state index in [1.165, 1.54) is 12.1 Å². The van der Waals surface area contributed by atoms with Crippen molar-refractivity contribution in [2.75, 3.05) is 0 Å². The van der Waals surface area contributed by atoms with Crippen LogP contribution in [0.1, 0.15) is 28.9 Å². The smallest absolute Gasteiger partial charge is 0.363 e. The SMILES string of the molecule is FC(F)(F)c1ccc2c(c1)[C@@H]1O[C@H]2[C@H](Br)[C@@H]1Br. The molecule has 1 fully saturated rings. The second-order valence-corrected chi connectivity index (χ2v) is 6.32. The van der Waals surface area contributed by atoms with Crippen molar-refractivity contribution in [2.45, 2.75) is 28.0 Å². The van der Waals surface area contributed by atoms with Crippen molar-refractivity contribution in [1.82, 2.24) is 0 Å². The lowest BCUT2D eigenvalue weighted by Gasteiger charge is -2.22. The van der Waals surface area contributed by atoms with Gasteiger partial charge in [-0.15, -0.1) is 0 Å². The van der Waals surface area contributed by atoms with Crippen LogP contribution in [0.2, 0.25) is 0 Å². The number of hydrogen-bond acceptors (Lipinski definition) is 1. The molecule has 1 aromatic rings. The van der Waals surface area contributed by atoms with E-state index in [0.717, 1.165) is 11.6 Å². The van der Waals surface area contributed by atoms with Gasteiger partial charge in [0.05, 0.1) is 27.4 Å². The molecule has 1 saturated heterocycles.